The van der Waals surface area contributed by atoms with E-state index in [1.54, 1.807) is 12.1 Å². The molecule has 3 rings (SSSR count). The highest BCUT2D eigenvalue weighted by atomic mass is 35.5. The SMILES string of the molecule is O=C(NCC(=O)N1C[C@H]2CNC[C@H]2C1)c1ccc(Cl)c(Cl)c1. The van der Waals surface area contributed by atoms with Gasteiger partial charge in [0.25, 0.3) is 5.91 Å². The van der Waals surface area contributed by atoms with E-state index >= 15 is 0 Å². The van der Waals surface area contributed by atoms with Crippen LogP contribution in [0.5, 0.6) is 0 Å². The fraction of sp³-hybridized carbons (Fsp3) is 0.467. The summed E-state index contributed by atoms with van der Waals surface area (Å²) in [6.07, 6.45) is 0. The average Bonchev–Trinajstić information content (AvgIpc) is 3.08. The molecule has 2 amide bonds. The van der Waals surface area contributed by atoms with Crippen molar-refractivity contribution < 1.29 is 9.59 Å². The van der Waals surface area contributed by atoms with Gasteiger partial charge in [-0.1, -0.05) is 23.2 Å². The average molecular weight is 342 g/mol. The number of nitrogens with zero attached hydrogens (tertiary/aromatic N) is 1. The van der Waals surface area contributed by atoms with Crippen molar-refractivity contribution in [3.05, 3.63) is 33.8 Å². The molecule has 2 atom stereocenters. The van der Waals surface area contributed by atoms with E-state index in [9.17, 15) is 9.59 Å². The van der Waals surface area contributed by atoms with Crippen LogP contribution in [-0.4, -0.2) is 49.4 Å². The third kappa shape index (κ3) is 3.21. The zero-order valence-corrected chi connectivity index (χ0v) is 13.5. The Bertz CT molecular complexity index is 596. The third-order valence-corrected chi connectivity index (χ3v) is 5.06. The number of benzene rings is 1. The van der Waals surface area contributed by atoms with E-state index in [2.05, 4.69) is 10.6 Å². The van der Waals surface area contributed by atoms with Gasteiger partial charge in [0.2, 0.25) is 5.91 Å². The maximum atomic E-state index is 12.2. The molecule has 0 radical (unpaired) electrons. The van der Waals surface area contributed by atoms with Crippen LogP contribution in [-0.2, 0) is 4.79 Å². The summed E-state index contributed by atoms with van der Waals surface area (Å²) in [4.78, 5) is 26.0. The van der Waals surface area contributed by atoms with Crippen LogP contribution < -0.4 is 10.6 Å². The van der Waals surface area contributed by atoms with Gasteiger partial charge in [-0.05, 0) is 30.0 Å². The number of fused-ring (bicyclic) bond motifs is 1. The summed E-state index contributed by atoms with van der Waals surface area (Å²) in [6.45, 7) is 3.51. The molecule has 7 heteroatoms. The van der Waals surface area contributed by atoms with E-state index in [1.807, 2.05) is 4.90 Å². The standard InChI is InChI=1S/C15H17Cl2N3O2/c16-12-2-1-9(3-13(12)17)15(22)19-6-14(21)20-7-10-4-18-5-11(10)8-20/h1-3,10-11,18H,4-8H2,(H,19,22)/t10-,11+. The quantitative estimate of drug-likeness (QED) is 0.873. The zero-order valence-electron chi connectivity index (χ0n) is 11.9. The van der Waals surface area contributed by atoms with Gasteiger partial charge < -0.3 is 15.5 Å². The predicted octanol–water partition coefficient (Wildman–Crippen LogP) is 1.40. The fourth-order valence-corrected chi connectivity index (χ4v) is 3.36. The van der Waals surface area contributed by atoms with Gasteiger partial charge in [0, 0.05) is 31.7 Å². The number of rotatable bonds is 3. The van der Waals surface area contributed by atoms with Gasteiger partial charge in [-0.3, -0.25) is 9.59 Å². The molecule has 0 unspecified atom stereocenters. The zero-order chi connectivity index (χ0) is 15.7. The highest BCUT2D eigenvalue weighted by Gasteiger charge is 2.37. The maximum Gasteiger partial charge on any atom is 0.251 e. The number of nitrogens with one attached hydrogen (secondary N) is 2. The summed E-state index contributed by atoms with van der Waals surface area (Å²) in [6, 6.07) is 4.64. The Morgan fingerprint density at radius 1 is 1.18 bits per heavy atom. The van der Waals surface area contributed by atoms with Gasteiger partial charge in [0.15, 0.2) is 0 Å². The van der Waals surface area contributed by atoms with E-state index in [-0.39, 0.29) is 18.4 Å². The van der Waals surface area contributed by atoms with E-state index in [0.717, 1.165) is 26.2 Å². The van der Waals surface area contributed by atoms with Crippen molar-refractivity contribution in [2.24, 2.45) is 11.8 Å². The molecule has 5 nitrogen and oxygen atoms in total. The highest BCUT2D eigenvalue weighted by molar-refractivity contribution is 6.42. The molecular weight excluding hydrogens is 325 g/mol. The van der Waals surface area contributed by atoms with E-state index < -0.39 is 0 Å². The first kappa shape index (κ1) is 15.6. The van der Waals surface area contributed by atoms with E-state index in [0.29, 0.717) is 27.4 Å². The Balaban J connectivity index is 1.52. The first-order valence-corrected chi connectivity index (χ1v) is 8.02. The molecule has 2 aliphatic heterocycles. The topological polar surface area (TPSA) is 61.4 Å². The number of halogens is 2. The van der Waals surface area contributed by atoms with Crippen LogP contribution in [0.25, 0.3) is 0 Å². The highest BCUT2D eigenvalue weighted by Crippen LogP contribution is 2.26. The maximum absolute atomic E-state index is 12.2. The number of hydrogen-bond acceptors (Lipinski definition) is 3. The smallest absolute Gasteiger partial charge is 0.251 e. The monoisotopic (exact) mass is 341 g/mol. The van der Waals surface area contributed by atoms with Crippen molar-refractivity contribution >= 4 is 35.0 Å². The Morgan fingerprint density at radius 2 is 1.86 bits per heavy atom. The molecular formula is C15H17Cl2N3O2. The second kappa shape index (κ2) is 6.44. The van der Waals surface area contributed by atoms with Crippen molar-refractivity contribution in [3.63, 3.8) is 0 Å². The Kier molecular flexibility index (Phi) is 4.57. The molecule has 1 aromatic rings. The van der Waals surface area contributed by atoms with Crippen molar-refractivity contribution in [1.82, 2.24) is 15.5 Å². The number of hydrogen-bond donors (Lipinski definition) is 2. The summed E-state index contributed by atoms with van der Waals surface area (Å²) in [5.41, 5.74) is 0.393. The minimum Gasteiger partial charge on any atom is -0.343 e. The van der Waals surface area contributed by atoms with E-state index in [1.165, 1.54) is 6.07 Å². The van der Waals surface area contributed by atoms with Crippen LogP contribution in [0.15, 0.2) is 18.2 Å². The summed E-state index contributed by atoms with van der Waals surface area (Å²) >= 11 is 11.7. The van der Waals surface area contributed by atoms with Gasteiger partial charge in [0.1, 0.15) is 0 Å². The van der Waals surface area contributed by atoms with Gasteiger partial charge in [-0.2, -0.15) is 0 Å². The lowest BCUT2D eigenvalue weighted by Gasteiger charge is -2.17. The lowest BCUT2D eigenvalue weighted by Crippen LogP contribution is -2.40. The normalized spacial score (nSPS) is 23.5. The molecule has 0 spiro atoms. The van der Waals surface area contributed by atoms with Gasteiger partial charge >= 0.3 is 0 Å². The van der Waals surface area contributed by atoms with Gasteiger partial charge in [0.05, 0.1) is 16.6 Å². The van der Waals surface area contributed by atoms with Crippen LogP contribution in [0, 0.1) is 11.8 Å². The molecule has 0 bridgehead atoms. The Morgan fingerprint density at radius 3 is 2.50 bits per heavy atom. The predicted molar refractivity (Wildman–Crippen MR) is 85.2 cm³/mol. The number of amides is 2. The summed E-state index contributed by atoms with van der Waals surface area (Å²) in [7, 11) is 0. The number of carbonyl (C=O) groups is 2. The molecule has 1 aromatic carbocycles. The Hall–Kier alpha value is -1.30. The van der Waals surface area contributed by atoms with Gasteiger partial charge in [-0.15, -0.1) is 0 Å². The summed E-state index contributed by atoms with van der Waals surface area (Å²) in [5, 5.41) is 6.69. The number of carbonyl (C=O) groups excluding carboxylic acids is 2. The first-order valence-electron chi connectivity index (χ1n) is 7.26. The van der Waals surface area contributed by atoms with E-state index in [4.69, 9.17) is 23.2 Å². The molecule has 2 saturated heterocycles. The van der Waals surface area contributed by atoms with Crippen LogP contribution in [0.2, 0.25) is 10.0 Å². The molecule has 0 saturated carbocycles. The number of likely N-dealkylation sites (tertiary alicyclic amines) is 1. The Labute approximate surface area is 138 Å². The molecule has 2 fully saturated rings. The molecule has 118 valence electrons. The third-order valence-electron chi connectivity index (χ3n) is 4.32. The molecule has 2 heterocycles. The largest absolute Gasteiger partial charge is 0.343 e. The molecule has 2 N–H and O–H groups in total. The second-order valence-corrected chi connectivity index (χ2v) is 6.60. The second-order valence-electron chi connectivity index (χ2n) is 5.79. The van der Waals surface area contributed by atoms with Crippen LogP contribution in [0.3, 0.4) is 0 Å². The minimum absolute atomic E-state index is 0.00590. The van der Waals surface area contributed by atoms with Gasteiger partial charge in [-0.25, -0.2) is 0 Å². The van der Waals surface area contributed by atoms with Crippen molar-refractivity contribution in [2.45, 2.75) is 0 Å². The van der Waals surface area contributed by atoms with Crippen molar-refractivity contribution in [3.8, 4) is 0 Å². The molecule has 2 aliphatic rings. The van der Waals surface area contributed by atoms with Crippen LogP contribution in [0.1, 0.15) is 10.4 Å². The van der Waals surface area contributed by atoms with Crippen molar-refractivity contribution in [1.29, 1.82) is 0 Å². The summed E-state index contributed by atoms with van der Waals surface area (Å²) < 4.78 is 0. The molecule has 22 heavy (non-hydrogen) atoms. The van der Waals surface area contributed by atoms with Crippen molar-refractivity contribution in [2.75, 3.05) is 32.7 Å². The lowest BCUT2D eigenvalue weighted by molar-refractivity contribution is -0.129. The van der Waals surface area contributed by atoms with Crippen LogP contribution >= 0.6 is 23.2 Å². The molecule has 0 aliphatic carbocycles. The van der Waals surface area contributed by atoms with Crippen LogP contribution in [0.4, 0.5) is 0 Å². The molecule has 0 aromatic heterocycles. The first-order chi connectivity index (χ1) is 10.5. The summed E-state index contributed by atoms with van der Waals surface area (Å²) in [5.74, 6) is 0.736. The minimum atomic E-state index is -0.326. The fourth-order valence-electron chi connectivity index (χ4n) is 3.07. The lowest BCUT2D eigenvalue weighted by atomic mass is 10.0.